The predicted molar refractivity (Wildman–Crippen MR) is 114 cm³/mol. The maximum atomic E-state index is 11.1. The van der Waals surface area contributed by atoms with Gasteiger partial charge in [-0.2, -0.15) is 0 Å². The summed E-state index contributed by atoms with van der Waals surface area (Å²) >= 11 is 7.57. The molecule has 6 nitrogen and oxygen atoms in total. The summed E-state index contributed by atoms with van der Waals surface area (Å²) in [6, 6.07) is 19.4. The minimum atomic E-state index is -0.471. The van der Waals surface area contributed by atoms with Crippen LogP contribution in [-0.4, -0.2) is 10.8 Å². The van der Waals surface area contributed by atoms with Crippen molar-refractivity contribution in [3.63, 3.8) is 0 Å². The SMILES string of the molecule is CC(=O)Nc1cccc(OCc2ccc(Sc3ccc([N+](=O)[O-])cc3Cl)cc2)c1. The third-order valence-electron chi connectivity index (χ3n) is 3.84. The number of nitrogens with zero attached hydrogens (tertiary/aromatic N) is 1. The highest BCUT2D eigenvalue weighted by Crippen LogP contribution is 2.35. The lowest BCUT2D eigenvalue weighted by molar-refractivity contribution is -0.384. The van der Waals surface area contributed by atoms with E-state index in [0.29, 0.717) is 23.1 Å². The third kappa shape index (κ3) is 5.97. The number of amides is 1. The van der Waals surface area contributed by atoms with Crippen LogP contribution in [0.3, 0.4) is 0 Å². The molecule has 0 aromatic heterocycles. The number of benzene rings is 3. The first-order chi connectivity index (χ1) is 13.9. The van der Waals surface area contributed by atoms with Gasteiger partial charge in [-0.3, -0.25) is 14.9 Å². The maximum Gasteiger partial charge on any atom is 0.270 e. The number of nitrogens with one attached hydrogen (secondary N) is 1. The molecule has 0 unspecified atom stereocenters. The highest BCUT2D eigenvalue weighted by Gasteiger charge is 2.10. The second-order valence-electron chi connectivity index (χ2n) is 6.12. The number of hydrogen-bond acceptors (Lipinski definition) is 5. The standard InChI is InChI=1S/C21H17ClN2O4S/c1-14(25)23-16-3-2-4-18(11-16)28-13-15-5-8-19(9-6-15)29-21-10-7-17(24(26)27)12-20(21)22/h2-12H,13H2,1H3,(H,23,25). The Kier molecular flexibility index (Phi) is 6.74. The quantitative estimate of drug-likeness (QED) is 0.372. The third-order valence-corrected chi connectivity index (χ3v) is 5.35. The molecule has 29 heavy (non-hydrogen) atoms. The zero-order valence-electron chi connectivity index (χ0n) is 15.4. The summed E-state index contributed by atoms with van der Waals surface area (Å²) < 4.78 is 5.78. The van der Waals surface area contributed by atoms with Gasteiger partial charge >= 0.3 is 0 Å². The van der Waals surface area contributed by atoms with Crippen molar-refractivity contribution < 1.29 is 14.5 Å². The molecule has 3 rings (SSSR count). The zero-order valence-corrected chi connectivity index (χ0v) is 17.0. The number of nitro groups is 1. The van der Waals surface area contributed by atoms with Crippen LogP contribution in [0.15, 0.2) is 76.5 Å². The summed E-state index contributed by atoms with van der Waals surface area (Å²) in [6.45, 7) is 1.84. The van der Waals surface area contributed by atoms with Gasteiger partial charge in [0.05, 0.1) is 9.95 Å². The van der Waals surface area contributed by atoms with Crippen LogP contribution < -0.4 is 10.1 Å². The lowest BCUT2D eigenvalue weighted by Gasteiger charge is -2.09. The Balaban J connectivity index is 1.61. The second kappa shape index (κ2) is 9.45. The molecular weight excluding hydrogens is 412 g/mol. The number of anilines is 1. The highest BCUT2D eigenvalue weighted by atomic mass is 35.5. The van der Waals surface area contributed by atoms with Crippen molar-refractivity contribution >= 4 is 40.6 Å². The van der Waals surface area contributed by atoms with Crippen LogP contribution in [0, 0.1) is 10.1 Å². The number of carbonyl (C=O) groups is 1. The summed E-state index contributed by atoms with van der Waals surface area (Å²) in [5.74, 6) is 0.524. The first-order valence-corrected chi connectivity index (χ1v) is 9.81. The molecule has 0 aliphatic carbocycles. The molecule has 0 radical (unpaired) electrons. The summed E-state index contributed by atoms with van der Waals surface area (Å²) in [5.41, 5.74) is 1.63. The Morgan fingerprint density at radius 3 is 2.55 bits per heavy atom. The minimum Gasteiger partial charge on any atom is -0.489 e. The van der Waals surface area contributed by atoms with Crippen molar-refractivity contribution in [1.82, 2.24) is 0 Å². The Labute approximate surface area is 177 Å². The van der Waals surface area contributed by atoms with Crippen LogP contribution in [0.4, 0.5) is 11.4 Å². The Morgan fingerprint density at radius 1 is 1.14 bits per heavy atom. The van der Waals surface area contributed by atoms with Crippen molar-refractivity contribution in [1.29, 1.82) is 0 Å². The predicted octanol–water partition coefficient (Wildman–Crippen LogP) is 5.94. The largest absolute Gasteiger partial charge is 0.489 e. The van der Waals surface area contributed by atoms with Gasteiger partial charge in [0.1, 0.15) is 12.4 Å². The molecule has 1 N–H and O–H groups in total. The summed E-state index contributed by atoms with van der Waals surface area (Å²) in [5, 5.41) is 13.9. The van der Waals surface area contributed by atoms with E-state index in [-0.39, 0.29) is 11.6 Å². The topological polar surface area (TPSA) is 81.5 Å². The number of carbonyl (C=O) groups excluding carboxylic acids is 1. The number of hydrogen-bond donors (Lipinski definition) is 1. The number of halogens is 1. The average Bonchev–Trinajstić information content (AvgIpc) is 2.68. The van der Waals surface area contributed by atoms with Crippen molar-refractivity contribution in [2.75, 3.05) is 5.32 Å². The molecule has 3 aromatic carbocycles. The first kappa shape index (κ1) is 20.7. The number of rotatable bonds is 7. The second-order valence-corrected chi connectivity index (χ2v) is 7.64. The fraction of sp³-hybridized carbons (Fsp3) is 0.0952. The molecule has 0 aliphatic rings. The average molecular weight is 429 g/mol. The van der Waals surface area contributed by atoms with E-state index in [4.69, 9.17) is 16.3 Å². The van der Waals surface area contributed by atoms with E-state index in [1.54, 1.807) is 18.2 Å². The van der Waals surface area contributed by atoms with Gasteiger partial charge < -0.3 is 10.1 Å². The molecule has 0 fully saturated rings. The van der Waals surface area contributed by atoms with Crippen LogP contribution in [0.1, 0.15) is 12.5 Å². The van der Waals surface area contributed by atoms with Crippen LogP contribution in [0.25, 0.3) is 0 Å². The van der Waals surface area contributed by atoms with E-state index in [0.717, 1.165) is 15.4 Å². The van der Waals surface area contributed by atoms with E-state index in [1.165, 1.54) is 30.8 Å². The maximum absolute atomic E-state index is 11.1. The molecule has 0 spiro atoms. The number of non-ortho nitro benzene ring substituents is 1. The molecular formula is C21H17ClN2O4S. The molecule has 0 aliphatic heterocycles. The van der Waals surface area contributed by atoms with Crippen molar-refractivity contribution in [3.05, 3.63) is 87.4 Å². The zero-order chi connectivity index (χ0) is 20.8. The fourth-order valence-corrected chi connectivity index (χ4v) is 3.61. The van der Waals surface area contributed by atoms with Gasteiger partial charge in [-0.05, 0) is 35.9 Å². The number of nitro benzene ring substituents is 1. The molecule has 1 amide bonds. The van der Waals surface area contributed by atoms with Gasteiger partial charge in [-0.15, -0.1) is 0 Å². The first-order valence-electron chi connectivity index (χ1n) is 8.62. The fourth-order valence-electron chi connectivity index (χ4n) is 2.50. The van der Waals surface area contributed by atoms with Gasteiger partial charge in [0, 0.05) is 40.6 Å². The Hall–Kier alpha value is -3.03. The van der Waals surface area contributed by atoms with Crippen LogP contribution in [0.2, 0.25) is 5.02 Å². The van der Waals surface area contributed by atoms with E-state index in [9.17, 15) is 14.9 Å². The summed E-state index contributed by atoms with van der Waals surface area (Å²) in [7, 11) is 0. The van der Waals surface area contributed by atoms with Crippen molar-refractivity contribution in [2.24, 2.45) is 0 Å². The lowest BCUT2D eigenvalue weighted by atomic mass is 10.2. The van der Waals surface area contributed by atoms with E-state index in [1.807, 2.05) is 36.4 Å². The van der Waals surface area contributed by atoms with Gasteiger partial charge in [-0.1, -0.05) is 41.6 Å². The molecule has 0 bridgehead atoms. The summed E-state index contributed by atoms with van der Waals surface area (Å²) in [4.78, 5) is 23.2. The number of ether oxygens (including phenoxy) is 1. The Bertz CT molecular complexity index is 1040. The monoisotopic (exact) mass is 428 g/mol. The van der Waals surface area contributed by atoms with Gasteiger partial charge in [0.15, 0.2) is 0 Å². The van der Waals surface area contributed by atoms with E-state index in [2.05, 4.69) is 5.32 Å². The van der Waals surface area contributed by atoms with Gasteiger partial charge in [-0.25, -0.2) is 0 Å². The van der Waals surface area contributed by atoms with Crippen LogP contribution >= 0.6 is 23.4 Å². The van der Waals surface area contributed by atoms with Crippen molar-refractivity contribution in [3.8, 4) is 5.75 Å². The Morgan fingerprint density at radius 2 is 1.90 bits per heavy atom. The van der Waals surface area contributed by atoms with Gasteiger partial charge in [0.2, 0.25) is 5.91 Å². The van der Waals surface area contributed by atoms with E-state index >= 15 is 0 Å². The molecule has 3 aromatic rings. The van der Waals surface area contributed by atoms with Crippen LogP contribution in [-0.2, 0) is 11.4 Å². The smallest absolute Gasteiger partial charge is 0.270 e. The molecule has 0 saturated heterocycles. The lowest BCUT2D eigenvalue weighted by Crippen LogP contribution is -2.05. The minimum absolute atomic E-state index is 0.0329. The summed E-state index contributed by atoms with van der Waals surface area (Å²) in [6.07, 6.45) is 0. The molecule has 8 heteroatoms. The normalized spacial score (nSPS) is 10.4. The molecule has 0 atom stereocenters. The highest BCUT2D eigenvalue weighted by molar-refractivity contribution is 7.99. The van der Waals surface area contributed by atoms with E-state index < -0.39 is 4.92 Å². The van der Waals surface area contributed by atoms with Gasteiger partial charge in [0.25, 0.3) is 5.69 Å². The molecule has 148 valence electrons. The molecule has 0 heterocycles. The van der Waals surface area contributed by atoms with Crippen molar-refractivity contribution in [2.45, 2.75) is 23.3 Å². The van der Waals surface area contributed by atoms with Crippen LogP contribution in [0.5, 0.6) is 5.75 Å². The molecule has 0 saturated carbocycles.